The average molecular weight is 569 g/mol. The predicted molar refractivity (Wildman–Crippen MR) is 140 cm³/mol. The van der Waals surface area contributed by atoms with Gasteiger partial charge >= 0.3 is 12.4 Å². The lowest BCUT2D eigenvalue weighted by molar-refractivity contribution is -0.143. The van der Waals surface area contributed by atoms with Crippen molar-refractivity contribution in [3.05, 3.63) is 65.4 Å². The van der Waals surface area contributed by atoms with E-state index < -0.39 is 29.2 Å². The van der Waals surface area contributed by atoms with Crippen LogP contribution in [-0.2, 0) is 17.1 Å². The fourth-order valence-electron chi connectivity index (χ4n) is 5.63. The van der Waals surface area contributed by atoms with Gasteiger partial charge in [0.15, 0.2) is 5.11 Å². The van der Waals surface area contributed by atoms with Gasteiger partial charge in [0.2, 0.25) is 0 Å². The molecule has 0 radical (unpaired) electrons. The first-order chi connectivity index (χ1) is 18.4. The molecule has 3 aromatic rings. The van der Waals surface area contributed by atoms with Gasteiger partial charge in [-0.05, 0) is 98.5 Å². The zero-order chi connectivity index (χ0) is 27.9. The third-order valence-corrected chi connectivity index (χ3v) is 7.69. The van der Waals surface area contributed by atoms with Crippen LogP contribution in [0.3, 0.4) is 0 Å². The average Bonchev–Trinajstić information content (AvgIpc) is 2.89. The molecule has 4 heterocycles. The second kappa shape index (κ2) is 10.5. The zero-order valence-electron chi connectivity index (χ0n) is 20.9. The van der Waals surface area contributed by atoms with Crippen molar-refractivity contribution in [3.8, 4) is 0 Å². The molecule has 208 valence electrons. The molecule has 2 N–H and O–H groups in total. The second-order valence-corrected chi connectivity index (χ2v) is 10.4. The Bertz CT molecular complexity index is 1340. The summed E-state index contributed by atoms with van der Waals surface area (Å²) in [6, 6.07) is 8.66. The topological polar surface area (TPSA) is 49.4 Å². The van der Waals surface area contributed by atoms with Gasteiger partial charge in [-0.25, -0.2) is 0 Å². The standard InChI is InChI=1S/C27H26F6N4OS/c1-38-24(23-10-15-5-8-37(23)9-6-15)20-4-7-34-22-3-2-18(14-21(20)22)35-25(39)36-19-12-16(26(28,29)30)11-17(13-19)27(31,32)33/h2-4,7,11-15,23-24H,5-6,8-10H2,1H3,(H2,35,36,39)/t23-,24+/m1/s1. The number of nitrogens with one attached hydrogen (secondary N) is 2. The van der Waals surface area contributed by atoms with Crippen molar-refractivity contribution in [1.82, 2.24) is 9.88 Å². The molecule has 3 aliphatic rings. The third-order valence-electron chi connectivity index (χ3n) is 7.48. The maximum Gasteiger partial charge on any atom is 0.416 e. The summed E-state index contributed by atoms with van der Waals surface area (Å²) < 4.78 is 85.3. The molecule has 0 amide bonds. The molecule has 2 atom stereocenters. The van der Waals surface area contributed by atoms with Crippen LogP contribution >= 0.6 is 12.2 Å². The van der Waals surface area contributed by atoms with Gasteiger partial charge in [-0.3, -0.25) is 9.88 Å². The Hall–Kier alpha value is -2.96. The third kappa shape index (κ3) is 5.97. The van der Waals surface area contributed by atoms with Crippen molar-refractivity contribution in [2.24, 2.45) is 5.92 Å². The SMILES string of the molecule is CO[C@@H](c1ccnc2ccc(NC(=S)Nc3cc(C(F)(F)F)cc(C(F)(F)F)c3)cc12)[C@H]1CC2CCN1CC2. The number of benzene rings is 2. The lowest BCUT2D eigenvalue weighted by Crippen LogP contribution is -2.51. The summed E-state index contributed by atoms with van der Waals surface area (Å²) in [7, 11) is 1.69. The molecule has 0 saturated carbocycles. The number of pyridine rings is 1. The van der Waals surface area contributed by atoms with Crippen molar-refractivity contribution in [2.45, 2.75) is 43.8 Å². The lowest BCUT2D eigenvalue weighted by Gasteiger charge is -2.48. The van der Waals surface area contributed by atoms with E-state index >= 15 is 0 Å². The van der Waals surface area contributed by atoms with E-state index in [2.05, 4.69) is 20.5 Å². The number of rotatable bonds is 5. The molecule has 39 heavy (non-hydrogen) atoms. The molecular formula is C27H26F6N4OS. The number of aromatic nitrogens is 1. The Balaban J connectivity index is 1.40. The second-order valence-electron chi connectivity index (χ2n) is 9.94. The molecule has 0 aliphatic carbocycles. The number of thiocarbonyl (C=S) groups is 1. The molecular weight excluding hydrogens is 542 g/mol. The van der Waals surface area contributed by atoms with Crippen LogP contribution in [0.5, 0.6) is 0 Å². The Morgan fingerprint density at radius 3 is 2.15 bits per heavy atom. The van der Waals surface area contributed by atoms with Crippen LogP contribution in [0, 0.1) is 5.92 Å². The summed E-state index contributed by atoms with van der Waals surface area (Å²) in [5.74, 6) is 0.681. The highest BCUT2D eigenvalue weighted by molar-refractivity contribution is 7.80. The van der Waals surface area contributed by atoms with Gasteiger partial charge in [0.1, 0.15) is 0 Å². The normalized spacial score (nSPS) is 22.1. The first kappa shape index (κ1) is 27.6. The number of piperidine rings is 3. The number of fused-ring (bicyclic) bond motifs is 4. The quantitative estimate of drug-likeness (QED) is 0.250. The number of nitrogens with zero attached hydrogens (tertiary/aromatic N) is 2. The molecule has 3 aliphatic heterocycles. The van der Waals surface area contributed by atoms with Crippen molar-refractivity contribution >= 4 is 39.6 Å². The predicted octanol–water partition coefficient (Wildman–Crippen LogP) is 7.25. The monoisotopic (exact) mass is 568 g/mol. The van der Waals surface area contributed by atoms with Crippen molar-refractivity contribution in [1.29, 1.82) is 0 Å². The minimum absolute atomic E-state index is 0.0699. The Morgan fingerprint density at radius 2 is 1.59 bits per heavy atom. The summed E-state index contributed by atoms with van der Waals surface area (Å²) in [6.45, 7) is 2.08. The van der Waals surface area contributed by atoms with Gasteiger partial charge in [0.05, 0.1) is 22.7 Å². The van der Waals surface area contributed by atoms with Crippen LogP contribution in [0.1, 0.15) is 42.1 Å². The fraction of sp³-hybridized carbons (Fsp3) is 0.407. The molecule has 6 rings (SSSR count). The largest absolute Gasteiger partial charge is 0.416 e. The fourth-order valence-corrected chi connectivity index (χ4v) is 5.87. The first-order valence-electron chi connectivity index (χ1n) is 12.5. The van der Waals surface area contributed by atoms with E-state index in [1.807, 2.05) is 6.07 Å². The number of methoxy groups -OCH3 is 1. The molecule has 12 heteroatoms. The molecule has 0 spiro atoms. The van der Waals surface area contributed by atoms with Gasteiger partial charge in [-0.15, -0.1) is 0 Å². The Kier molecular flexibility index (Phi) is 7.47. The van der Waals surface area contributed by atoms with Gasteiger partial charge in [-0.2, -0.15) is 26.3 Å². The van der Waals surface area contributed by atoms with E-state index in [1.54, 1.807) is 31.5 Å². The van der Waals surface area contributed by atoms with Gasteiger partial charge in [0.25, 0.3) is 0 Å². The smallest absolute Gasteiger partial charge is 0.375 e. The van der Waals surface area contributed by atoms with Crippen LogP contribution in [0.4, 0.5) is 37.7 Å². The minimum atomic E-state index is -4.96. The lowest BCUT2D eigenvalue weighted by atomic mass is 9.79. The van der Waals surface area contributed by atoms with Crippen LogP contribution < -0.4 is 10.6 Å². The Morgan fingerprint density at radius 1 is 0.949 bits per heavy atom. The van der Waals surface area contributed by atoms with Crippen LogP contribution in [0.15, 0.2) is 48.7 Å². The van der Waals surface area contributed by atoms with Crippen LogP contribution in [0.2, 0.25) is 0 Å². The molecule has 5 nitrogen and oxygen atoms in total. The van der Waals surface area contributed by atoms with Gasteiger partial charge in [-0.1, -0.05) is 0 Å². The number of alkyl halides is 6. The van der Waals surface area contributed by atoms with E-state index in [0.29, 0.717) is 23.7 Å². The number of hydrogen-bond acceptors (Lipinski definition) is 4. The highest BCUT2D eigenvalue weighted by Crippen LogP contribution is 2.41. The van der Waals surface area contributed by atoms with Crippen molar-refractivity contribution in [2.75, 3.05) is 30.8 Å². The first-order valence-corrected chi connectivity index (χ1v) is 12.9. The van der Waals surface area contributed by atoms with E-state index in [4.69, 9.17) is 17.0 Å². The molecule has 2 bridgehead atoms. The summed E-state index contributed by atoms with van der Waals surface area (Å²) in [5, 5.41) is 5.98. The van der Waals surface area contributed by atoms with Crippen LogP contribution in [-0.4, -0.2) is 41.2 Å². The molecule has 1 aromatic heterocycles. The molecule has 3 saturated heterocycles. The summed E-state index contributed by atoms with van der Waals surface area (Å²) in [4.78, 5) is 6.91. The minimum Gasteiger partial charge on any atom is -0.375 e. The summed E-state index contributed by atoms with van der Waals surface area (Å²) in [6.07, 6.45) is -4.94. The van der Waals surface area contributed by atoms with Crippen molar-refractivity contribution < 1.29 is 31.1 Å². The maximum atomic E-state index is 13.2. The van der Waals surface area contributed by atoms with E-state index in [-0.39, 0.29) is 23.3 Å². The number of hydrogen-bond donors (Lipinski definition) is 2. The highest BCUT2D eigenvalue weighted by Gasteiger charge is 2.39. The molecule has 2 aromatic carbocycles. The number of halogens is 6. The molecule has 3 fully saturated rings. The maximum absolute atomic E-state index is 13.2. The summed E-state index contributed by atoms with van der Waals surface area (Å²) in [5.41, 5.74) is -1.11. The Labute approximate surface area is 226 Å². The van der Waals surface area contributed by atoms with Crippen LogP contribution in [0.25, 0.3) is 10.9 Å². The highest BCUT2D eigenvalue weighted by atomic mass is 32.1. The van der Waals surface area contributed by atoms with Crippen molar-refractivity contribution in [3.63, 3.8) is 0 Å². The van der Waals surface area contributed by atoms with Gasteiger partial charge in [0, 0.05) is 36.1 Å². The summed E-state index contributed by atoms with van der Waals surface area (Å²) >= 11 is 5.23. The number of ether oxygens (including phenoxy) is 1. The number of anilines is 2. The zero-order valence-corrected chi connectivity index (χ0v) is 21.7. The van der Waals surface area contributed by atoms with E-state index in [1.165, 1.54) is 12.8 Å². The molecule has 0 unspecified atom stereocenters. The van der Waals surface area contributed by atoms with E-state index in [0.717, 1.165) is 36.0 Å². The van der Waals surface area contributed by atoms with E-state index in [9.17, 15) is 26.3 Å². The van der Waals surface area contributed by atoms with Gasteiger partial charge < -0.3 is 15.4 Å².